The summed E-state index contributed by atoms with van der Waals surface area (Å²) in [6, 6.07) is 0. The summed E-state index contributed by atoms with van der Waals surface area (Å²) in [5.41, 5.74) is -2.22. The highest BCUT2D eigenvalue weighted by Gasteiger charge is 2.55. The molecule has 0 spiro atoms. The second-order valence-electron chi connectivity index (χ2n) is 9.02. The molecule has 0 bridgehead atoms. The molecular formula is C17H30N4O11. The maximum atomic E-state index is 12.5. The first-order chi connectivity index (χ1) is 14.6. The lowest BCUT2D eigenvalue weighted by Gasteiger charge is -2.49. The van der Waals surface area contributed by atoms with Gasteiger partial charge in [-0.15, -0.1) is 35.4 Å². The molecule has 184 valence electrons. The third-order valence-corrected chi connectivity index (χ3v) is 5.90. The topological polar surface area (TPSA) is 187 Å². The van der Waals surface area contributed by atoms with E-state index in [-0.39, 0.29) is 6.42 Å². The number of hydrogen-bond acceptors (Lipinski definition) is 12. The molecule has 1 fully saturated rings. The zero-order valence-electron chi connectivity index (χ0n) is 18.9. The van der Waals surface area contributed by atoms with E-state index in [0.717, 1.165) is 0 Å². The SMILES string of the molecule is CC(C)C(=O)ON1C(C)(C)C(CO[N+](=O)[O-])CC(CO[N+](=O)[O-])C(CO[N+](=O)[O-])C1(C)C. The molecule has 1 aliphatic heterocycles. The maximum Gasteiger partial charge on any atom is 0.327 e. The second kappa shape index (κ2) is 10.6. The summed E-state index contributed by atoms with van der Waals surface area (Å²) in [6.07, 6.45) is 0.0829. The number of hydroxylamine groups is 2. The van der Waals surface area contributed by atoms with Crippen LogP contribution in [0.2, 0.25) is 0 Å². The lowest BCUT2D eigenvalue weighted by atomic mass is 9.76. The van der Waals surface area contributed by atoms with Crippen molar-refractivity contribution in [2.24, 2.45) is 23.7 Å². The molecule has 0 saturated carbocycles. The minimum Gasteiger partial charge on any atom is -0.367 e. The van der Waals surface area contributed by atoms with Gasteiger partial charge in [0.2, 0.25) is 0 Å². The van der Waals surface area contributed by atoms with Crippen LogP contribution in [0, 0.1) is 54.0 Å². The Hall–Kier alpha value is -2.97. The molecule has 32 heavy (non-hydrogen) atoms. The summed E-state index contributed by atoms with van der Waals surface area (Å²) < 4.78 is 0. The molecule has 0 aliphatic carbocycles. The molecule has 0 aromatic heterocycles. The molecule has 0 aromatic carbocycles. The van der Waals surface area contributed by atoms with Crippen molar-refractivity contribution in [1.29, 1.82) is 0 Å². The van der Waals surface area contributed by atoms with Crippen LogP contribution in [0.25, 0.3) is 0 Å². The monoisotopic (exact) mass is 466 g/mol. The molecule has 1 aliphatic rings. The molecule has 0 amide bonds. The van der Waals surface area contributed by atoms with Crippen LogP contribution < -0.4 is 0 Å². The Labute approximate surface area is 184 Å². The van der Waals surface area contributed by atoms with Crippen LogP contribution in [0.5, 0.6) is 0 Å². The Kier molecular flexibility index (Phi) is 8.93. The van der Waals surface area contributed by atoms with Gasteiger partial charge in [0.1, 0.15) is 13.2 Å². The van der Waals surface area contributed by atoms with Crippen molar-refractivity contribution in [3.05, 3.63) is 30.3 Å². The molecule has 3 unspecified atom stereocenters. The van der Waals surface area contributed by atoms with E-state index >= 15 is 0 Å². The zero-order valence-corrected chi connectivity index (χ0v) is 18.9. The minimum absolute atomic E-state index is 0.0829. The van der Waals surface area contributed by atoms with Crippen molar-refractivity contribution < 1.29 is 39.4 Å². The van der Waals surface area contributed by atoms with Gasteiger partial charge >= 0.3 is 5.97 Å². The van der Waals surface area contributed by atoms with Crippen LogP contribution in [0.3, 0.4) is 0 Å². The van der Waals surface area contributed by atoms with Crippen molar-refractivity contribution in [3.63, 3.8) is 0 Å². The lowest BCUT2D eigenvalue weighted by molar-refractivity contribution is -0.764. The Morgan fingerprint density at radius 1 is 0.906 bits per heavy atom. The number of carbonyl (C=O) groups is 1. The normalized spacial score (nSPS) is 24.8. The molecule has 0 radical (unpaired) electrons. The molecular weight excluding hydrogens is 436 g/mol. The van der Waals surface area contributed by atoms with Gasteiger partial charge in [-0.3, -0.25) is 4.79 Å². The Balaban J connectivity index is 3.53. The standard InChI is InChI=1S/C17H30N4O11/c1-11(2)15(22)32-18-16(3,4)13(9-30-20(25)26)7-12(8-29-19(23)24)14(17(18,5)6)10-31-21(27)28/h11-14H,7-10H2,1-6H3. The number of hydrogen-bond donors (Lipinski definition) is 0. The summed E-state index contributed by atoms with van der Waals surface area (Å²) in [4.78, 5) is 64.4. The van der Waals surface area contributed by atoms with E-state index in [1.807, 2.05) is 0 Å². The van der Waals surface area contributed by atoms with Crippen LogP contribution in [-0.4, -0.2) is 57.2 Å². The van der Waals surface area contributed by atoms with Crippen LogP contribution >= 0.6 is 0 Å². The highest BCUT2D eigenvalue weighted by Crippen LogP contribution is 2.46. The predicted octanol–water partition coefficient (Wildman–Crippen LogP) is 1.84. The van der Waals surface area contributed by atoms with Crippen LogP contribution in [0.15, 0.2) is 0 Å². The smallest absolute Gasteiger partial charge is 0.327 e. The summed E-state index contributed by atoms with van der Waals surface area (Å²) in [6.45, 7) is 8.57. The molecule has 0 N–H and O–H groups in total. The fourth-order valence-electron chi connectivity index (χ4n) is 4.13. The minimum atomic E-state index is -1.15. The van der Waals surface area contributed by atoms with Crippen molar-refractivity contribution >= 4 is 5.97 Å². The van der Waals surface area contributed by atoms with Crippen molar-refractivity contribution in [2.75, 3.05) is 19.8 Å². The Morgan fingerprint density at radius 3 is 1.84 bits per heavy atom. The van der Waals surface area contributed by atoms with Gasteiger partial charge < -0.3 is 19.4 Å². The van der Waals surface area contributed by atoms with Gasteiger partial charge in [-0.1, -0.05) is 13.8 Å². The lowest BCUT2D eigenvalue weighted by Crippen LogP contribution is -2.61. The molecule has 1 saturated heterocycles. The number of carbonyl (C=O) groups excluding carboxylic acids is 1. The third kappa shape index (κ3) is 6.77. The quantitative estimate of drug-likeness (QED) is 0.318. The van der Waals surface area contributed by atoms with Crippen molar-refractivity contribution in [3.8, 4) is 0 Å². The first kappa shape index (κ1) is 27.1. The van der Waals surface area contributed by atoms with E-state index in [1.165, 1.54) is 5.06 Å². The van der Waals surface area contributed by atoms with Gasteiger partial charge in [0, 0.05) is 11.8 Å². The first-order valence-electron chi connectivity index (χ1n) is 9.94. The first-order valence-corrected chi connectivity index (χ1v) is 9.94. The summed E-state index contributed by atoms with van der Waals surface area (Å²) in [5, 5.41) is 30.9. The van der Waals surface area contributed by atoms with E-state index in [0.29, 0.717) is 0 Å². The summed E-state index contributed by atoms with van der Waals surface area (Å²) in [5.74, 6) is -3.30. The van der Waals surface area contributed by atoms with Gasteiger partial charge in [0.05, 0.1) is 23.6 Å². The molecule has 3 atom stereocenters. The third-order valence-electron chi connectivity index (χ3n) is 5.90. The van der Waals surface area contributed by atoms with Crippen LogP contribution in [-0.2, 0) is 24.1 Å². The van der Waals surface area contributed by atoms with E-state index in [4.69, 9.17) is 4.84 Å². The number of nitrogens with zero attached hydrogens (tertiary/aromatic N) is 4. The molecule has 0 aromatic rings. The zero-order chi connectivity index (χ0) is 24.9. The molecule has 1 heterocycles. The van der Waals surface area contributed by atoms with Gasteiger partial charge in [0.25, 0.3) is 15.3 Å². The van der Waals surface area contributed by atoms with Gasteiger partial charge in [-0.05, 0) is 40.0 Å². The van der Waals surface area contributed by atoms with E-state index in [2.05, 4.69) is 14.5 Å². The van der Waals surface area contributed by atoms with E-state index in [1.54, 1.807) is 41.5 Å². The summed E-state index contributed by atoms with van der Waals surface area (Å²) >= 11 is 0. The van der Waals surface area contributed by atoms with Crippen LogP contribution in [0.1, 0.15) is 48.0 Å². The van der Waals surface area contributed by atoms with E-state index in [9.17, 15) is 35.1 Å². The fraction of sp³-hybridized carbons (Fsp3) is 0.941. The maximum absolute atomic E-state index is 12.5. The predicted molar refractivity (Wildman–Crippen MR) is 105 cm³/mol. The highest BCUT2D eigenvalue weighted by atomic mass is 17.0. The average Bonchev–Trinajstić information content (AvgIpc) is 2.69. The average molecular weight is 466 g/mol. The second-order valence-corrected chi connectivity index (χ2v) is 9.02. The molecule has 1 rings (SSSR count). The van der Waals surface area contributed by atoms with Crippen LogP contribution in [0.4, 0.5) is 0 Å². The van der Waals surface area contributed by atoms with Crippen molar-refractivity contribution in [1.82, 2.24) is 5.06 Å². The fourth-order valence-corrected chi connectivity index (χ4v) is 4.13. The molecule has 15 nitrogen and oxygen atoms in total. The van der Waals surface area contributed by atoms with Crippen molar-refractivity contribution in [2.45, 2.75) is 59.0 Å². The summed E-state index contributed by atoms with van der Waals surface area (Å²) in [7, 11) is 0. The Bertz CT molecular complexity index is 713. The molecule has 15 heteroatoms. The van der Waals surface area contributed by atoms with E-state index < -0.39 is 75.8 Å². The highest BCUT2D eigenvalue weighted by molar-refractivity contribution is 5.71. The number of rotatable bonds is 11. The van der Waals surface area contributed by atoms with Gasteiger partial charge in [-0.25, -0.2) is 0 Å². The van der Waals surface area contributed by atoms with Gasteiger partial charge in [0.15, 0.2) is 0 Å². The largest absolute Gasteiger partial charge is 0.367 e. The Morgan fingerprint density at radius 2 is 1.38 bits per heavy atom. The van der Waals surface area contributed by atoms with Gasteiger partial charge in [-0.2, -0.15) is 0 Å².